The first-order valence-electron chi connectivity index (χ1n) is 17.5. The van der Waals surface area contributed by atoms with Crippen LogP contribution in [-0.4, -0.2) is 69.9 Å². The maximum atomic E-state index is 13.2. The van der Waals surface area contributed by atoms with Gasteiger partial charge >= 0.3 is 5.97 Å². The number of carbonyl (C=O) groups excluding carboxylic acids is 1. The fraction of sp³-hybridized carbons (Fsp3) is 0.293. The molecule has 0 saturated carbocycles. The zero-order valence-electron chi connectivity index (χ0n) is 28.8. The molecule has 5 aromatic rings. The average Bonchev–Trinajstić information content (AvgIpc) is 3.17. The number of benzene rings is 4. The summed E-state index contributed by atoms with van der Waals surface area (Å²) in [5, 5.41) is 34.7. The second kappa shape index (κ2) is 16.6. The Labute approximate surface area is 301 Å². The molecule has 0 radical (unpaired) electrons. The molecule has 11 nitrogen and oxygen atoms in total. The summed E-state index contributed by atoms with van der Waals surface area (Å²) in [6.45, 7) is 2.59. The smallest absolute Gasteiger partial charge is 0.314 e. The summed E-state index contributed by atoms with van der Waals surface area (Å²) in [5.74, 6) is 0.345. The number of amides is 1. The lowest BCUT2D eigenvalue weighted by Crippen LogP contribution is -2.49. The van der Waals surface area contributed by atoms with Gasteiger partial charge in [-0.15, -0.1) is 0 Å². The average molecular weight is 706 g/mol. The van der Waals surface area contributed by atoms with Gasteiger partial charge in [0.1, 0.15) is 23.9 Å². The number of unbranched alkanes of at least 4 members (excludes halogenated alkanes) is 1. The summed E-state index contributed by atoms with van der Waals surface area (Å²) in [7, 11) is 0. The molecule has 1 aliphatic heterocycles. The first-order valence-corrected chi connectivity index (χ1v) is 17.5. The number of hydrogen-bond acceptors (Lipinski definition) is 8. The van der Waals surface area contributed by atoms with Gasteiger partial charge in [0, 0.05) is 36.7 Å². The molecule has 1 aromatic heterocycles. The Hall–Kier alpha value is -5.65. The van der Waals surface area contributed by atoms with Crippen LogP contribution in [-0.2, 0) is 16.8 Å². The third kappa shape index (κ3) is 8.44. The van der Waals surface area contributed by atoms with Crippen LogP contribution in [0.3, 0.4) is 0 Å². The number of aromatic hydroxyl groups is 1. The number of nitrogens with zero attached hydrogens (tertiary/aromatic N) is 1. The van der Waals surface area contributed by atoms with Crippen LogP contribution < -0.4 is 20.3 Å². The monoisotopic (exact) mass is 705 g/mol. The lowest BCUT2D eigenvalue weighted by atomic mass is 9.73. The van der Waals surface area contributed by atoms with Crippen molar-refractivity contribution in [3.63, 3.8) is 0 Å². The van der Waals surface area contributed by atoms with E-state index in [4.69, 9.17) is 9.47 Å². The van der Waals surface area contributed by atoms with Crippen molar-refractivity contribution in [2.75, 3.05) is 32.8 Å². The minimum absolute atomic E-state index is 0.0403. The summed E-state index contributed by atoms with van der Waals surface area (Å²) in [5.41, 5.74) is 1.87. The molecule has 1 atom stereocenters. The molecule has 1 amide bonds. The lowest BCUT2D eigenvalue weighted by molar-refractivity contribution is -0.145. The Bertz CT molecular complexity index is 2040. The molecule has 270 valence electrons. The van der Waals surface area contributed by atoms with Crippen LogP contribution in [0.15, 0.2) is 108 Å². The topological polar surface area (TPSA) is 161 Å². The number of aliphatic carboxylic acids is 1. The summed E-state index contributed by atoms with van der Waals surface area (Å²) in [4.78, 5) is 41.5. The predicted molar refractivity (Wildman–Crippen MR) is 197 cm³/mol. The molecule has 11 heteroatoms. The molecule has 1 aliphatic rings. The Morgan fingerprint density at radius 2 is 1.63 bits per heavy atom. The van der Waals surface area contributed by atoms with Crippen molar-refractivity contribution < 1.29 is 34.4 Å². The normalized spacial score (nSPS) is 14.5. The van der Waals surface area contributed by atoms with Crippen LogP contribution in [0.25, 0.3) is 10.9 Å². The molecule has 1 saturated heterocycles. The predicted octanol–water partition coefficient (Wildman–Crippen LogP) is 5.55. The zero-order chi connectivity index (χ0) is 36.5. The van der Waals surface area contributed by atoms with Gasteiger partial charge in [0.25, 0.3) is 5.91 Å². The molecule has 4 aromatic carbocycles. The quantitative estimate of drug-likeness (QED) is 0.0880. The highest BCUT2D eigenvalue weighted by Gasteiger charge is 2.43. The van der Waals surface area contributed by atoms with Crippen LogP contribution in [0.5, 0.6) is 17.2 Å². The molecule has 2 heterocycles. The number of aromatic nitrogens is 1. The number of phenols is 1. The molecule has 6 rings (SSSR count). The summed E-state index contributed by atoms with van der Waals surface area (Å²) in [6.07, 6.45) is 1.56. The van der Waals surface area contributed by atoms with Crippen LogP contribution in [0.1, 0.15) is 58.8 Å². The summed E-state index contributed by atoms with van der Waals surface area (Å²) in [6, 6.07) is 30.1. The Kier molecular flexibility index (Phi) is 11.5. The van der Waals surface area contributed by atoms with Crippen molar-refractivity contribution in [3.05, 3.63) is 136 Å². The van der Waals surface area contributed by atoms with Gasteiger partial charge in [-0.25, -0.2) is 0 Å². The van der Waals surface area contributed by atoms with Crippen molar-refractivity contribution in [1.82, 2.24) is 15.2 Å². The molecule has 1 fully saturated rings. The van der Waals surface area contributed by atoms with Gasteiger partial charge in [-0.05, 0) is 97.4 Å². The first kappa shape index (κ1) is 36.2. The standard InChI is InChI=1S/C41H43N3O8/c45-35-17-15-33(34-16-18-37(47)43-38(34)35)36(46)26-42-21-4-5-24-51-32-10-6-7-28(25-32)27-52-31-13-11-29(12-14-31)39(48)44-22-19-41(20-23-44,40(49)50)30-8-2-1-3-9-30/h1-3,6-18,25,36,42,45-46H,4-5,19-24,26-27H2,(H,43,47)(H,49,50)/t36-/m0/s1. The van der Waals surface area contributed by atoms with E-state index in [1.807, 2.05) is 54.6 Å². The molecular weight excluding hydrogens is 662 g/mol. The summed E-state index contributed by atoms with van der Waals surface area (Å²) >= 11 is 0. The minimum atomic E-state index is -0.986. The van der Waals surface area contributed by atoms with Gasteiger partial charge in [-0.1, -0.05) is 48.5 Å². The Morgan fingerprint density at radius 1 is 0.865 bits per heavy atom. The number of carboxylic acids is 1. The van der Waals surface area contributed by atoms with Crippen molar-refractivity contribution in [2.24, 2.45) is 0 Å². The summed E-state index contributed by atoms with van der Waals surface area (Å²) < 4.78 is 11.9. The lowest BCUT2D eigenvalue weighted by Gasteiger charge is -2.39. The molecule has 0 aliphatic carbocycles. The van der Waals surface area contributed by atoms with E-state index >= 15 is 0 Å². The molecular formula is C41H43N3O8. The largest absolute Gasteiger partial charge is 0.506 e. The van der Waals surface area contributed by atoms with E-state index in [9.17, 15) is 29.7 Å². The minimum Gasteiger partial charge on any atom is -0.506 e. The number of aromatic amines is 1. The number of fused-ring (bicyclic) bond motifs is 1. The number of H-pyrrole nitrogens is 1. The van der Waals surface area contributed by atoms with Gasteiger partial charge in [0.2, 0.25) is 5.56 Å². The van der Waals surface area contributed by atoms with Crippen LogP contribution >= 0.6 is 0 Å². The number of piperidine rings is 1. The number of carbonyl (C=O) groups is 2. The number of carboxylic acid groups (broad SMARTS) is 1. The Balaban J connectivity index is 0.902. The molecule has 0 spiro atoms. The van der Waals surface area contributed by atoms with Crippen LogP contribution in [0.2, 0.25) is 0 Å². The molecule has 0 bridgehead atoms. The number of aliphatic hydroxyl groups is 1. The second-order valence-corrected chi connectivity index (χ2v) is 13.1. The SMILES string of the molecule is O=C(c1ccc(OCc2cccc(OCCCCNC[C@H](O)c3ccc(O)c4[nH]c(=O)ccc34)c2)cc1)N1CCC(C(=O)O)(c2ccccc2)CC1. The van der Waals surface area contributed by atoms with Crippen LogP contribution in [0, 0.1) is 0 Å². The highest BCUT2D eigenvalue weighted by atomic mass is 16.5. The van der Waals surface area contributed by atoms with Gasteiger partial charge in [-0.3, -0.25) is 14.4 Å². The van der Waals surface area contributed by atoms with E-state index in [2.05, 4.69) is 10.3 Å². The maximum Gasteiger partial charge on any atom is 0.314 e. The van der Waals surface area contributed by atoms with E-state index in [-0.39, 0.29) is 17.2 Å². The molecule has 0 unspecified atom stereocenters. The third-order valence-electron chi connectivity index (χ3n) is 9.67. The highest BCUT2D eigenvalue weighted by molar-refractivity contribution is 5.94. The maximum absolute atomic E-state index is 13.2. The van der Waals surface area contributed by atoms with Gasteiger partial charge in [0.15, 0.2) is 0 Å². The van der Waals surface area contributed by atoms with Crippen molar-refractivity contribution in [2.45, 2.75) is 43.8 Å². The van der Waals surface area contributed by atoms with E-state index in [1.54, 1.807) is 41.3 Å². The van der Waals surface area contributed by atoms with Crippen molar-refractivity contribution in [3.8, 4) is 17.2 Å². The molecule has 52 heavy (non-hydrogen) atoms. The van der Waals surface area contributed by atoms with Gasteiger partial charge < -0.3 is 40.0 Å². The highest BCUT2D eigenvalue weighted by Crippen LogP contribution is 2.36. The number of phenolic OH excluding ortho intramolecular Hbond substituents is 1. The third-order valence-corrected chi connectivity index (χ3v) is 9.67. The van der Waals surface area contributed by atoms with E-state index in [0.717, 1.165) is 29.7 Å². The number of aliphatic hydroxyl groups excluding tert-OH is 1. The fourth-order valence-electron chi connectivity index (χ4n) is 6.68. The number of ether oxygens (including phenoxy) is 2. The first-order chi connectivity index (χ1) is 25.2. The van der Waals surface area contributed by atoms with E-state index in [1.165, 1.54) is 12.1 Å². The van der Waals surface area contributed by atoms with E-state index < -0.39 is 17.5 Å². The molecule has 5 N–H and O–H groups in total. The Morgan fingerprint density at radius 3 is 2.38 bits per heavy atom. The van der Waals surface area contributed by atoms with Crippen molar-refractivity contribution >= 4 is 22.8 Å². The number of nitrogens with one attached hydrogen (secondary N) is 2. The zero-order valence-corrected chi connectivity index (χ0v) is 28.8. The van der Waals surface area contributed by atoms with Crippen molar-refractivity contribution in [1.29, 1.82) is 0 Å². The van der Waals surface area contributed by atoms with Gasteiger partial charge in [0.05, 0.1) is 23.6 Å². The van der Waals surface area contributed by atoms with Gasteiger partial charge in [-0.2, -0.15) is 0 Å². The number of hydrogen-bond donors (Lipinski definition) is 5. The number of likely N-dealkylation sites (tertiary alicyclic amines) is 1. The fourth-order valence-corrected chi connectivity index (χ4v) is 6.68. The number of rotatable bonds is 15. The second-order valence-electron chi connectivity index (χ2n) is 13.1. The van der Waals surface area contributed by atoms with Crippen LogP contribution in [0.4, 0.5) is 0 Å². The number of pyridine rings is 1. The van der Waals surface area contributed by atoms with E-state index in [0.29, 0.717) is 80.0 Å².